The van der Waals surface area contributed by atoms with Crippen molar-refractivity contribution in [3.63, 3.8) is 0 Å². The molecule has 16 heavy (non-hydrogen) atoms. The fourth-order valence-electron chi connectivity index (χ4n) is 1.36. The van der Waals surface area contributed by atoms with Crippen molar-refractivity contribution >= 4 is 11.8 Å². The van der Waals surface area contributed by atoms with Crippen molar-refractivity contribution in [1.82, 2.24) is 5.43 Å². The number of benzene rings is 1. The van der Waals surface area contributed by atoms with Crippen LogP contribution in [0.15, 0.2) is 23.3 Å². The lowest BCUT2D eigenvalue weighted by molar-refractivity contribution is 0.171. The Morgan fingerprint density at radius 1 is 1.38 bits per heavy atom. The van der Waals surface area contributed by atoms with E-state index in [1.54, 1.807) is 0 Å². The Hall–Kier alpha value is -1.84. The fraction of sp³-hybridized carbons (Fsp3) is 0.333. The molecule has 0 radical (unpaired) electrons. The highest BCUT2D eigenvalue weighted by atomic mass is 16.5. The van der Waals surface area contributed by atoms with Crippen molar-refractivity contribution in [2.24, 2.45) is 5.10 Å². The summed E-state index contributed by atoms with van der Waals surface area (Å²) < 4.78 is 4.43. The molecule has 0 spiro atoms. The van der Waals surface area contributed by atoms with Crippen LogP contribution in [0.3, 0.4) is 0 Å². The van der Waals surface area contributed by atoms with Crippen LogP contribution in [0, 0.1) is 13.8 Å². The van der Waals surface area contributed by atoms with Gasteiger partial charge in [-0.1, -0.05) is 17.7 Å². The first-order valence-corrected chi connectivity index (χ1v) is 5.00. The second kappa shape index (κ2) is 5.30. The number of ether oxygens (including phenoxy) is 1. The number of nitrogens with one attached hydrogen (secondary N) is 1. The molecule has 0 aromatic heterocycles. The van der Waals surface area contributed by atoms with Crippen molar-refractivity contribution < 1.29 is 9.53 Å². The molecule has 1 N–H and O–H groups in total. The van der Waals surface area contributed by atoms with E-state index >= 15 is 0 Å². The van der Waals surface area contributed by atoms with Gasteiger partial charge in [0.1, 0.15) is 0 Å². The lowest BCUT2D eigenvalue weighted by Gasteiger charge is -2.06. The van der Waals surface area contributed by atoms with Gasteiger partial charge >= 0.3 is 6.09 Å². The van der Waals surface area contributed by atoms with Gasteiger partial charge in [0.05, 0.1) is 12.8 Å². The third-order valence-electron chi connectivity index (χ3n) is 2.28. The summed E-state index contributed by atoms with van der Waals surface area (Å²) in [7, 11) is 1.30. The number of carbonyl (C=O) groups is 1. The molecule has 1 amide bonds. The van der Waals surface area contributed by atoms with E-state index in [1.165, 1.54) is 7.11 Å². The summed E-state index contributed by atoms with van der Waals surface area (Å²) in [4.78, 5) is 10.9. The molecule has 0 aliphatic heterocycles. The normalized spacial score (nSPS) is 11.1. The highest BCUT2D eigenvalue weighted by Crippen LogP contribution is 2.11. The van der Waals surface area contributed by atoms with Crippen molar-refractivity contribution in [3.05, 3.63) is 34.9 Å². The smallest absolute Gasteiger partial charge is 0.427 e. The van der Waals surface area contributed by atoms with Crippen LogP contribution >= 0.6 is 0 Å². The van der Waals surface area contributed by atoms with E-state index in [0.717, 1.165) is 22.4 Å². The number of carbonyl (C=O) groups excluding carboxylic acids is 1. The van der Waals surface area contributed by atoms with Gasteiger partial charge in [0.2, 0.25) is 0 Å². The quantitative estimate of drug-likeness (QED) is 0.614. The second-order valence-corrected chi connectivity index (χ2v) is 3.62. The van der Waals surface area contributed by atoms with Gasteiger partial charge in [-0.3, -0.25) is 0 Å². The first-order valence-electron chi connectivity index (χ1n) is 5.00. The predicted octanol–water partition coefficient (Wildman–Crippen LogP) is 2.38. The van der Waals surface area contributed by atoms with Crippen LogP contribution in [0.5, 0.6) is 0 Å². The van der Waals surface area contributed by atoms with Gasteiger partial charge in [-0.2, -0.15) is 5.10 Å². The van der Waals surface area contributed by atoms with E-state index in [0.29, 0.717) is 0 Å². The number of hydrogen-bond donors (Lipinski definition) is 1. The van der Waals surface area contributed by atoms with Gasteiger partial charge in [-0.25, -0.2) is 10.2 Å². The Balaban J connectivity index is 2.91. The molecule has 0 bridgehead atoms. The van der Waals surface area contributed by atoms with E-state index in [9.17, 15) is 4.79 Å². The molecular weight excluding hydrogens is 204 g/mol. The lowest BCUT2D eigenvalue weighted by atomic mass is 10.0. The van der Waals surface area contributed by atoms with Gasteiger partial charge in [-0.05, 0) is 32.4 Å². The minimum Gasteiger partial charge on any atom is -0.452 e. The minimum atomic E-state index is -0.565. The number of rotatable bonds is 2. The number of nitrogens with zero attached hydrogens (tertiary/aromatic N) is 1. The standard InChI is InChI=1S/C12H16N2O2/c1-8-5-6-9(2)11(7-8)10(3)13-14-12(15)16-4/h5-7H,1-4H3,(H,14,15)/b13-10-. The molecule has 4 nitrogen and oxygen atoms in total. The van der Waals surface area contributed by atoms with E-state index in [-0.39, 0.29) is 0 Å². The summed E-state index contributed by atoms with van der Waals surface area (Å²) in [5.41, 5.74) is 6.37. The number of amides is 1. The third kappa shape index (κ3) is 3.08. The Kier molecular flexibility index (Phi) is 4.05. The molecule has 0 fully saturated rings. The second-order valence-electron chi connectivity index (χ2n) is 3.62. The Bertz CT molecular complexity index is 425. The van der Waals surface area contributed by atoms with Gasteiger partial charge < -0.3 is 4.74 Å². The number of methoxy groups -OCH3 is 1. The summed E-state index contributed by atoms with van der Waals surface area (Å²) in [6.45, 7) is 5.87. The average molecular weight is 220 g/mol. The molecule has 0 unspecified atom stereocenters. The van der Waals surface area contributed by atoms with E-state index in [1.807, 2.05) is 39.0 Å². The summed E-state index contributed by atoms with van der Waals surface area (Å²) in [5.74, 6) is 0. The van der Waals surface area contributed by atoms with Crippen molar-refractivity contribution in [2.75, 3.05) is 7.11 Å². The number of aryl methyl sites for hydroxylation is 2. The SMILES string of the molecule is COC(=O)N/N=C(/C)c1cc(C)ccc1C. The van der Waals surface area contributed by atoms with Crippen molar-refractivity contribution in [1.29, 1.82) is 0 Å². The maximum atomic E-state index is 10.9. The first-order chi connectivity index (χ1) is 7.54. The van der Waals surface area contributed by atoms with E-state index in [4.69, 9.17) is 0 Å². The van der Waals surface area contributed by atoms with Crippen LogP contribution in [-0.4, -0.2) is 18.9 Å². The topological polar surface area (TPSA) is 50.7 Å². The van der Waals surface area contributed by atoms with Crippen LogP contribution < -0.4 is 5.43 Å². The molecule has 0 atom stereocenters. The van der Waals surface area contributed by atoms with Crippen LogP contribution in [-0.2, 0) is 4.74 Å². The predicted molar refractivity (Wildman–Crippen MR) is 63.7 cm³/mol. The maximum absolute atomic E-state index is 10.9. The Morgan fingerprint density at radius 3 is 2.69 bits per heavy atom. The summed E-state index contributed by atoms with van der Waals surface area (Å²) in [5, 5.41) is 3.96. The molecule has 0 saturated heterocycles. The van der Waals surface area contributed by atoms with Gasteiger partial charge in [0.15, 0.2) is 0 Å². The van der Waals surface area contributed by atoms with Crippen LogP contribution in [0.4, 0.5) is 4.79 Å². The first kappa shape index (κ1) is 12.2. The third-order valence-corrected chi connectivity index (χ3v) is 2.28. The molecule has 0 heterocycles. The van der Waals surface area contributed by atoms with Gasteiger partial charge in [-0.15, -0.1) is 0 Å². The molecule has 1 aromatic carbocycles. The molecule has 86 valence electrons. The summed E-state index contributed by atoms with van der Waals surface area (Å²) in [6, 6.07) is 6.11. The monoisotopic (exact) mass is 220 g/mol. The minimum absolute atomic E-state index is 0.565. The highest BCUT2D eigenvalue weighted by Gasteiger charge is 2.03. The zero-order chi connectivity index (χ0) is 12.1. The highest BCUT2D eigenvalue weighted by molar-refractivity contribution is 6.00. The number of hydrazone groups is 1. The van der Waals surface area contributed by atoms with E-state index < -0.39 is 6.09 Å². The van der Waals surface area contributed by atoms with E-state index in [2.05, 4.69) is 15.3 Å². The number of hydrogen-bond acceptors (Lipinski definition) is 3. The molecular formula is C12H16N2O2. The largest absolute Gasteiger partial charge is 0.452 e. The molecule has 0 saturated carbocycles. The lowest BCUT2D eigenvalue weighted by Crippen LogP contribution is -2.19. The van der Waals surface area contributed by atoms with Gasteiger partial charge in [0.25, 0.3) is 0 Å². The Morgan fingerprint density at radius 2 is 2.06 bits per heavy atom. The molecule has 1 rings (SSSR count). The molecule has 4 heteroatoms. The van der Waals surface area contributed by atoms with Crippen LogP contribution in [0.25, 0.3) is 0 Å². The molecule has 1 aromatic rings. The van der Waals surface area contributed by atoms with Crippen molar-refractivity contribution in [3.8, 4) is 0 Å². The maximum Gasteiger partial charge on any atom is 0.427 e. The molecule has 0 aliphatic rings. The van der Waals surface area contributed by atoms with Gasteiger partial charge in [0, 0.05) is 5.56 Å². The molecule has 0 aliphatic carbocycles. The zero-order valence-electron chi connectivity index (χ0n) is 10.00. The summed E-state index contributed by atoms with van der Waals surface area (Å²) in [6.07, 6.45) is -0.565. The Labute approximate surface area is 95.3 Å². The van der Waals surface area contributed by atoms with Crippen LogP contribution in [0.1, 0.15) is 23.6 Å². The van der Waals surface area contributed by atoms with Crippen LogP contribution in [0.2, 0.25) is 0 Å². The fourth-order valence-corrected chi connectivity index (χ4v) is 1.36. The average Bonchev–Trinajstić information content (AvgIpc) is 2.28. The van der Waals surface area contributed by atoms with Crippen molar-refractivity contribution in [2.45, 2.75) is 20.8 Å². The summed E-state index contributed by atoms with van der Waals surface area (Å²) >= 11 is 0. The zero-order valence-corrected chi connectivity index (χ0v) is 10.00.